The molecule has 4 heteroatoms. The maximum atomic E-state index is 12.5. The fourth-order valence-electron chi connectivity index (χ4n) is 2.58. The molecule has 0 spiro atoms. The predicted octanol–water partition coefficient (Wildman–Crippen LogP) is 2.97. The number of hydrogen-bond acceptors (Lipinski definition) is 4. The molecule has 21 heavy (non-hydrogen) atoms. The van der Waals surface area contributed by atoms with Gasteiger partial charge in [-0.1, -0.05) is 30.3 Å². The lowest BCUT2D eigenvalue weighted by molar-refractivity contribution is -0.240. The van der Waals surface area contributed by atoms with Crippen LogP contribution < -0.4 is 0 Å². The van der Waals surface area contributed by atoms with Gasteiger partial charge in [0.25, 0.3) is 0 Å². The molecule has 0 radical (unpaired) electrons. The highest BCUT2D eigenvalue weighted by Gasteiger charge is 2.50. The maximum absolute atomic E-state index is 12.5. The van der Waals surface area contributed by atoms with Crippen LogP contribution in [0.5, 0.6) is 0 Å². The predicted molar refractivity (Wildman–Crippen MR) is 81.7 cm³/mol. The third-order valence-corrected chi connectivity index (χ3v) is 3.73. The molecule has 1 saturated heterocycles. The van der Waals surface area contributed by atoms with Crippen LogP contribution in [0.25, 0.3) is 0 Å². The summed E-state index contributed by atoms with van der Waals surface area (Å²) in [7, 11) is 0. The van der Waals surface area contributed by atoms with E-state index in [2.05, 4.69) is 20.8 Å². The van der Waals surface area contributed by atoms with Crippen LogP contribution in [0.3, 0.4) is 0 Å². The smallest absolute Gasteiger partial charge is 0.340 e. The molecule has 1 fully saturated rings. The summed E-state index contributed by atoms with van der Waals surface area (Å²) in [6.45, 7) is 9.16. The number of hydrogen-bond donors (Lipinski definition) is 0. The molecule has 0 aliphatic carbocycles. The van der Waals surface area contributed by atoms with E-state index in [9.17, 15) is 4.79 Å². The number of benzene rings is 1. The van der Waals surface area contributed by atoms with E-state index in [0.717, 1.165) is 12.1 Å². The normalized spacial score (nSPS) is 23.2. The number of esters is 1. The maximum Gasteiger partial charge on any atom is 0.340 e. The van der Waals surface area contributed by atoms with Gasteiger partial charge in [0.1, 0.15) is 0 Å². The highest BCUT2D eigenvalue weighted by Crippen LogP contribution is 2.35. The Labute approximate surface area is 127 Å². The zero-order valence-electron chi connectivity index (χ0n) is 13.4. The fraction of sp³-hybridized carbons (Fsp3) is 0.588. The summed E-state index contributed by atoms with van der Waals surface area (Å²) >= 11 is 0. The molecule has 0 amide bonds. The van der Waals surface area contributed by atoms with Gasteiger partial charge in [-0.25, -0.2) is 4.79 Å². The first-order valence-corrected chi connectivity index (χ1v) is 7.55. The van der Waals surface area contributed by atoms with Gasteiger partial charge < -0.3 is 4.74 Å². The van der Waals surface area contributed by atoms with Gasteiger partial charge in [-0.05, 0) is 33.3 Å². The minimum atomic E-state index is -0.898. The molecular weight excluding hydrogens is 266 g/mol. The van der Waals surface area contributed by atoms with Gasteiger partial charge in [0, 0.05) is 24.9 Å². The van der Waals surface area contributed by atoms with Gasteiger partial charge >= 0.3 is 5.97 Å². The third-order valence-electron chi connectivity index (χ3n) is 3.73. The molecule has 1 aliphatic rings. The van der Waals surface area contributed by atoms with Crippen molar-refractivity contribution in [2.24, 2.45) is 0 Å². The lowest BCUT2D eigenvalue weighted by Gasteiger charge is -2.33. The Kier molecular flexibility index (Phi) is 4.69. The number of nitrogens with zero attached hydrogens (tertiary/aromatic N) is 1. The van der Waals surface area contributed by atoms with Crippen LogP contribution in [0.2, 0.25) is 0 Å². The summed E-state index contributed by atoms with van der Waals surface area (Å²) in [5.41, 5.74) is 0.0524. The third kappa shape index (κ3) is 3.63. The van der Waals surface area contributed by atoms with E-state index in [0.29, 0.717) is 19.4 Å². The van der Waals surface area contributed by atoms with E-state index in [1.54, 1.807) is 0 Å². The SMILES string of the molecule is CCOC(=O)C1(Cc2ccccc2)CCN(C(C)(C)C)O1. The second-order valence-corrected chi connectivity index (χ2v) is 6.49. The Balaban J connectivity index is 2.23. The zero-order chi connectivity index (χ0) is 15.5. The second-order valence-electron chi connectivity index (χ2n) is 6.49. The van der Waals surface area contributed by atoms with E-state index < -0.39 is 5.60 Å². The van der Waals surface area contributed by atoms with Gasteiger partial charge in [0.15, 0.2) is 5.60 Å². The zero-order valence-corrected chi connectivity index (χ0v) is 13.4. The Hall–Kier alpha value is -1.39. The number of rotatable bonds is 4. The van der Waals surface area contributed by atoms with Gasteiger partial charge in [-0.3, -0.25) is 4.84 Å². The fourth-order valence-corrected chi connectivity index (χ4v) is 2.58. The first-order valence-electron chi connectivity index (χ1n) is 7.55. The molecule has 0 bridgehead atoms. The molecular formula is C17H25NO3. The van der Waals surface area contributed by atoms with Gasteiger partial charge in [0.05, 0.1) is 6.61 Å². The lowest BCUT2D eigenvalue weighted by Crippen LogP contribution is -2.46. The summed E-state index contributed by atoms with van der Waals surface area (Å²) in [6, 6.07) is 9.96. The van der Waals surface area contributed by atoms with Crippen LogP contribution in [0.4, 0.5) is 0 Å². The lowest BCUT2D eigenvalue weighted by atomic mass is 9.92. The standard InChI is InChI=1S/C17H25NO3/c1-5-20-15(19)17(13-14-9-7-6-8-10-14)11-12-18(21-17)16(2,3)4/h6-10H,5,11-13H2,1-4H3. The first kappa shape index (κ1) is 16.0. The van der Waals surface area contributed by atoms with Crippen molar-refractivity contribution in [2.45, 2.75) is 51.7 Å². The minimum absolute atomic E-state index is 0.134. The molecule has 1 unspecified atom stereocenters. The van der Waals surface area contributed by atoms with Crippen molar-refractivity contribution in [3.8, 4) is 0 Å². The summed E-state index contributed by atoms with van der Waals surface area (Å²) in [6.07, 6.45) is 1.19. The molecule has 0 aromatic heterocycles. The van der Waals surface area contributed by atoms with Crippen molar-refractivity contribution in [1.29, 1.82) is 0 Å². The second kappa shape index (κ2) is 6.16. The van der Waals surface area contributed by atoms with Gasteiger partial charge in [0.2, 0.25) is 0 Å². The van der Waals surface area contributed by atoms with Crippen LogP contribution in [0, 0.1) is 0 Å². The van der Waals surface area contributed by atoms with Crippen molar-refractivity contribution in [3.63, 3.8) is 0 Å². The molecule has 1 aromatic rings. The molecule has 1 atom stereocenters. The van der Waals surface area contributed by atoms with E-state index in [-0.39, 0.29) is 11.5 Å². The van der Waals surface area contributed by atoms with Crippen molar-refractivity contribution in [2.75, 3.05) is 13.2 Å². The van der Waals surface area contributed by atoms with Crippen LogP contribution >= 0.6 is 0 Å². The minimum Gasteiger partial charge on any atom is -0.464 e. The molecule has 1 aromatic carbocycles. The molecule has 2 rings (SSSR count). The van der Waals surface area contributed by atoms with Crippen LogP contribution in [0.15, 0.2) is 30.3 Å². The molecule has 1 aliphatic heterocycles. The monoisotopic (exact) mass is 291 g/mol. The Morgan fingerprint density at radius 3 is 2.52 bits per heavy atom. The summed E-state index contributed by atoms with van der Waals surface area (Å²) in [5.74, 6) is -0.263. The highest BCUT2D eigenvalue weighted by molar-refractivity contribution is 5.80. The number of ether oxygens (including phenoxy) is 1. The molecule has 1 heterocycles. The summed E-state index contributed by atoms with van der Waals surface area (Å²) in [4.78, 5) is 18.6. The molecule has 0 N–H and O–H groups in total. The van der Waals surface area contributed by atoms with E-state index in [4.69, 9.17) is 9.57 Å². The van der Waals surface area contributed by atoms with E-state index in [1.807, 2.05) is 42.3 Å². The van der Waals surface area contributed by atoms with E-state index >= 15 is 0 Å². The van der Waals surface area contributed by atoms with Crippen LogP contribution in [0.1, 0.15) is 39.7 Å². The van der Waals surface area contributed by atoms with Gasteiger partial charge in [-0.15, -0.1) is 0 Å². The first-order chi connectivity index (χ1) is 9.87. The van der Waals surface area contributed by atoms with Gasteiger partial charge in [-0.2, -0.15) is 5.06 Å². The van der Waals surface area contributed by atoms with Crippen molar-refractivity contribution < 1.29 is 14.4 Å². The Morgan fingerprint density at radius 2 is 2.00 bits per heavy atom. The Bertz CT molecular complexity index is 481. The van der Waals surface area contributed by atoms with Crippen molar-refractivity contribution in [1.82, 2.24) is 5.06 Å². The molecule has 4 nitrogen and oxygen atoms in total. The number of carbonyl (C=O) groups is 1. The molecule has 116 valence electrons. The van der Waals surface area contributed by atoms with Crippen LogP contribution in [-0.4, -0.2) is 35.3 Å². The quantitative estimate of drug-likeness (QED) is 0.800. The Morgan fingerprint density at radius 1 is 1.33 bits per heavy atom. The summed E-state index contributed by atoms with van der Waals surface area (Å²) < 4.78 is 5.27. The number of carbonyl (C=O) groups excluding carboxylic acids is 1. The van der Waals surface area contributed by atoms with E-state index in [1.165, 1.54) is 0 Å². The van der Waals surface area contributed by atoms with Crippen LogP contribution in [-0.2, 0) is 20.8 Å². The summed E-state index contributed by atoms with van der Waals surface area (Å²) in [5, 5.41) is 1.90. The number of hydroxylamine groups is 2. The highest BCUT2D eigenvalue weighted by atomic mass is 16.7. The molecule has 0 saturated carbocycles. The largest absolute Gasteiger partial charge is 0.464 e. The average Bonchev–Trinajstić information content (AvgIpc) is 2.86. The van der Waals surface area contributed by atoms with Crippen molar-refractivity contribution in [3.05, 3.63) is 35.9 Å². The topological polar surface area (TPSA) is 38.8 Å². The van der Waals surface area contributed by atoms with Crippen molar-refractivity contribution >= 4 is 5.97 Å². The average molecular weight is 291 g/mol.